The summed E-state index contributed by atoms with van der Waals surface area (Å²) in [6.07, 6.45) is 3.67. The van der Waals surface area contributed by atoms with Gasteiger partial charge in [0.05, 0.1) is 24.6 Å². The van der Waals surface area contributed by atoms with E-state index in [9.17, 15) is 4.79 Å². The second-order valence-electron chi connectivity index (χ2n) is 6.80. The van der Waals surface area contributed by atoms with Gasteiger partial charge in [0.15, 0.2) is 0 Å². The van der Waals surface area contributed by atoms with Crippen molar-refractivity contribution in [2.24, 2.45) is 0 Å². The lowest BCUT2D eigenvalue weighted by molar-refractivity contribution is 0.102. The Morgan fingerprint density at radius 3 is 2.57 bits per heavy atom. The molecule has 2 heterocycles. The summed E-state index contributed by atoms with van der Waals surface area (Å²) < 4.78 is 5.44. The highest BCUT2D eigenvalue weighted by Gasteiger charge is 2.18. The van der Waals surface area contributed by atoms with E-state index >= 15 is 0 Å². The number of anilines is 3. The average Bonchev–Trinajstić information content (AvgIpc) is 2.75. The van der Waals surface area contributed by atoms with Gasteiger partial charge in [-0.25, -0.2) is 9.97 Å². The molecular weight excluding hydrogens is 354 g/mol. The van der Waals surface area contributed by atoms with Crippen LogP contribution >= 0.6 is 0 Å². The molecule has 1 amide bonds. The number of rotatable bonds is 8. The third-order valence-electron chi connectivity index (χ3n) is 4.65. The van der Waals surface area contributed by atoms with Gasteiger partial charge in [0.1, 0.15) is 5.69 Å². The van der Waals surface area contributed by atoms with Crippen LogP contribution in [0.25, 0.3) is 0 Å². The van der Waals surface area contributed by atoms with Gasteiger partial charge < -0.3 is 19.9 Å². The summed E-state index contributed by atoms with van der Waals surface area (Å²) in [5, 5.41) is 3.02. The van der Waals surface area contributed by atoms with E-state index in [1.54, 1.807) is 12.3 Å². The van der Waals surface area contributed by atoms with Crippen molar-refractivity contribution < 1.29 is 9.53 Å². The van der Waals surface area contributed by atoms with Gasteiger partial charge in [-0.05, 0) is 31.0 Å². The summed E-state index contributed by atoms with van der Waals surface area (Å²) in [5.41, 5.74) is 2.17. The standard InChI is InChI=1S/C21H29N5O2/c1-3-11-26(12-4-2)21-22-10-9-18(24-21)20(27)23-17-7-5-6-8-19(17)25-13-15-28-16-14-25/h5-10H,3-4,11-16H2,1-2H3,(H,23,27). The van der Waals surface area contributed by atoms with Crippen molar-refractivity contribution in [3.63, 3.8) is 0 Å². The topological polar surface area (TPSA) is 70.6 Å². The quantitative estimate of drug-likeness (QED) is 0.755. The van der Waals surface area contributed by atoms with Crippen LogP contribution in [0.5, 0.6) is 0 Å². The van der Waals surface area contributed by atoms with Crippen LogP contribution in [0.4, 0.5) is 17.3 Å². The summed E-state index contributed by atoms with van der Waals surface area (Å²) >= 11 is 0. The van der Waals surface area contributed by atoms with Crippen molar-refractivity contribution in [1.82, 2.24) is 9.97 Å². The molecule has 0 saturated carbocycles. The summed E-state index contributed by atoms with van der Waals surface area (Å²) in [6.45, 7) is 9.02. The molecule has 1 saturated heterocycles. The predicted molar refractivity (Wildman–Crippen MR) is 112 cm³/mol. The molecule has 2 aromatic rings. The molecule has 1 N–H and O–H groups in total. The molecule has 1 aromatic heterocycles. The monoisotopic (exact) mass is 383 g/mol. The van der Waals surface area contributed by atoms with E-state index in [4.69, 9.17) is 4.74 Å². The van der Waals surface area contributed by atoms with Crippen LogP contribution in [0.3, 0.4) is 0 Å². The molecule has 0 radical (unpaired) electrons. The third kappa shape index (κ3) is 4.98. The van der Waals surface area contributed by atoms with Crippen LogP contribution in [0.2, 0.25) is 0 Å². The van der Waals surface area contributed by atoms with Crippen LogP contribution < -0.4 is 15.1 Å². The molecule has 0 spiro atoms. The molecule has 1 aromatic carbocycles. The SMILES string of the molecule is CCCN(CCC)c1nccc(C(=O)Nc2ccccc2N2CCOCC2)n1. The zero-order valence-electron chi connectivity index (χ0n) is 16.7. The number of amides is 1. The normalized spacial score (nSPS) is 14.0. The first-order valence-electron chi connectivity index (χ1n) is 10.0. The van der Waals surface area contributed by atoms with E-state index in [1.807, 2.05) is 24.3 Å². The van der Waals surface area contributed by atoms with Crippen molar-refractivity contribution >= 4 is 23.2 Å². The van der Waals surface area contributed by atoms with Crippen molar-refractivity contribution in [1.29, 1.82) is 0 Å². The van der Waals surface area contributed by atoms with Crippen LogP contribution in [0, 0.1) is 0 Å². The number of nitrogens with zero attached hydrogens (tertiary/aromatic N) is 4. The number of ether oxygens (including phenoxy) is 1. The first-order valence-corrected chi connectivity index (χ1v) is 10.0. The molecular formula is C21H29N5O2. The Morgan fingerprint density at radius 2 is 1.86 bits per heavy atom. The van der Waals surface area contributed by atoms with Crippen LogP contribution in [0.1, 0.15) is 37.2 Å². The second kappa shape index (κ2) is 10.0. The molecule has 1 aliphatic heterocycles. The second-order valence-corrected chi connectivity index (χ2v) is 6.80. The lowest BCUT2D eigenvalue weighted by Gasteiger charge is -2.30. The number of para-hydroxylation sites is 2. The highest BCUT2D eigenvalue weighted by atomic mass is 16.5. The Hall–Kier alpha value is -2.67. The summed E-state index contributed by atoms with van der Waals surface area (Å²) in [7, 11) is 0. The zero-order chi connectivity index (χ0) is 19.8. The van der Waals surface area contributed by atoms with Gasteiger partial charge in [0.2, 0.25) is 5.95 Å². The van der Waals surface area contributed by atoms with Gasteiger partial charge in [0, 0.05) is 32.4 Å². The van der Waals surface area contributed by atoms with Gasteiger partial charge in [-0.2, -0.15) is 0 Å². The van der Waals surface area contributed by atoms with E-state index in [1.165, 1.54) is 0 Å². The lowest BCUT2D eigenvalue weighted by Crippen LogP contribution is -2.36. The number of benzene rings is 1. The smallest absolute Gasteiger partial charge is 0.274 e. The molecule has 28 heavy (non-hydrogen) atoms. The summed E-state index contributed by atoms with van der Waals surface area (Å²) in [6, 6.07) is 9.51. The van der Waals surface area contributed by atoms with Gasteiger partial charge in [-0.3, -0.25) is 4.79 Å². The van der Waals surface area contributed by atoms with Crippen molar-refractivity contribution in [2.75, 3.05) is 54.5 Å². The molecule has 7 nitrogen and oxygen atoms in total. The van der Waals surface area contributed by atoms with E-state index in [0.29, 0.717) is 24.9 Å². The first kappa shape index (κ1) is 20.1. The van der Waals surface area contributed by atoms with Crippen LogP contribution in [-0.4, -0.2) is 55.3 Å². The largest absolute Gasteiger partial charge is 0.378 e. The van der Waals surface area contributed by atoms with Gasteiger partial charge in [0.25, 0.3) is 5.91 Å². The molecule has 7 heteroatoms. The van der Waals surface area contributed by atoms with Crippen molar-refractivity contribution in [3.05, 3.63) is 42.2 Å². The number of hydrogen-bond acceptors (Lipinski definition) is 6. The molecule has 0 aliphatic carbocycles. The maximum atomic E-state index is 12.9. The highest BCUT2D eigenvalue weighted by Crippen LogP contribution is 2.26. The number of nitrogens with one attached hydrogen (secondary N) is 1. The Labute approximate surface area is 166 Å². The zero-order valence-corrected chi connectivity index (χ0v) is 16.7. The van der Waals surface area contributed by atoms with Crippen molar-refractivity contribution in [3.8, 4) is 0 Å². The minimum atomic E-state index is -0.225. The highest BCUT2D eigenvalue weighted by molar-refractivity contribution is 6.04. The van der Waals surface area contributed by atoms with Gasteiger partial charge >= 0.3 is 0 Å². The minimum Gasteiger partial charge on any atom is -0.378 e. The molecule has 1 fully saturated rings. The van der Waals surface area contributed by atoms with Crippen molar-refractivity contribution in [2.45, 2.75) is 26.7 Å². The fourth-order valence-electron chi connectivity index (χ4n) is 3.32. The number of carbonyl (C=O) groups excluding carboxylic acids is 1. The average molecular weight is 383 g/mol. The lowest BCUT2D eigenvalue weighted by atomic mass is 10.2. The number of aromatic nitrogens is 2. The van der Waals surface area contributed by atoms with E-state index < -0.39 is 0 Å². The Balaban J connectivity index is 1.77. The summed E-state index contributed by atoms with van der Waals surface area (Å²) in [4.78, 5) is 26.1. The first-order chi connectivity index (χ1) is 13.7. The predicted octanol–water partition coefficient (Wildman–Crippen LogP) is 3.19. The van der Waals surface area contributed by atoms with Crippen LogP contribution in [-0.2, 0) is 4.74 Å². The maximum absolute atomic E-state index is 12.9. The molecule has 0 atom stereocenters. The van der Waals surface area contributed by atoms with Crippen LogP contribution in [0.15, 0.2) is 36.5 Å². The maximum Gasteiger partial charge on any atom is 0.274 e. The molecule has 3 rings (SSSR count). The Bertz CT molecular complexity index is 771. The van der Waals surface area contributed by atoms with Gasteiger partial charge in [-0.15, -0.1) is 0 Å². The molecule has 0 unspecified atom stereocenters. The van der Waals surface area contributed by atoms with E-state index in [0.717, 1.165) is 50.4 Å². The molecule has 150 valence electrons. The number of morpholine rings is 1. The fraction of sp³-hybridized carbons (Fsp3) is 0.476. The Kier molecular flexibility index (Phi) is 7.19. The number of carbonyl (C=O) groups is 1. The summed E-state index contributed by atoms with van der Waals surface area (Å²) in [5.74, 6) is 0.384. The number of hydrogen-bond donors (Lipinski definition) is 1. The fourth-order valence-corrected chi connectivity index (χ4v) is 3.32. The molecule has 1 aliphatic rings. The minimum absolute atomic E-state index is 0.225. The van der Waals surface area contributed by atoms with E-state index in [-0.39, 0.29) is 5.91 Å². The molecule has 0 bridgehead atoms. The Morgan fingerprint density at radius 1 is 1.14 bits per heavy atom. The van der Waals surface area contributed by atoms with Gasteiger partial charge in [-0.1, -0.05) is 26.0 Å². The van der Waals surface area contributed by atoms with E-state index in [2.05, 4.69) is 38.9 Å². The third-order valence-corrected chi connectivity index (χ3v) is 4.65.